The number of hydrogen-bond donors (Lipinski definition) is 2. The molecule has 0 bridgehead atoms. The van der Waals surface area contributed by atoms with Gasteiger partial charge in [0.25, 0.3) is 5.91 Å². The van der Waals surface area contributed by atoms with Gasteiger partial charge in [-0.05, 0) is 55.7 Å². The van der Waals surface area contributed by atoms with Crippen molar-refractivity contribution in [3.8, 4) is 6.07 Å². The average molecular weight is 337 g/mol. The van der Waals surface area contributed by atoms with Crippen LogP contribution in [-0.4, -0.2) is 44.0 Å². The topological polar surface area (TPSA) is 111 Å². The lowest BCUT2D eigenvalue weighted by Crippen LogP contribution is -2.41. The lowest BCUT2D eigenvalue weighted by atomic mass is 10.0. The smallest absolute Gasteiger partial charge is 0.254 e. The molecule has 3 rings (SSSR count). The third kappa shape index (κ3) is 3.83. The van der Waals surface area contributed by atoms with E-state index in [1.54, 1.807) is 12.1 Å². The number of hydrogen-bond acceptors (Lipinski definition) is 6. The quantitative estimate of drug-likeness (QED) is 0.827. The van der Waals surface area contributed by atoms with Crippen molar-refractivity contribution < 1.29 is 4.79 Å². The number of carbonyl (C=O) groups excluding carboxylic acids is 1. The summed E-state index contributed by atoms with van der Waals surface area (Å²) in [4.78, 5) is 14.6. The van der Waals surface area contributed by atoms with E-state index in [1.165, 1.54) is 12.6 Å². The van der Waals surface area contributed by atoms with E-state index in [0.29, 0.717) is 5.56 Å². The highest BCUT2D eigenvalue weighted by Gasteiger charge is 2.23. The van der Waals surface area contributed by atoms with Gasteiger partial charge in [-0.15, -0.1) is 10.2 Å². The van der Waals surface area contributed by atoms with Crippen LogP contribution in [0.3, 0.4) is 0 Å². The lowest BCUT2D eigenvalue weighted by Gasteiger charge is -2.33. The summed E-state index contributed by atoms with van der Waals surface area (Å²) < 4.78 is 0. The molecule has 25 heavy (non-hydrogen) atoms. The summed E-state index contributed by atoms with van der Waals surface area (Å²) in [7, 11) is 0. The molecule has 1 saturated heterocycles. The normalized spacial score (nSPS) is 17.8. The van der Waals surface area contributed by atoms with Crippen LogP contribution in [0.15, 0.2) is 30.5 Å². The van der Waals surface area contributed by atoms with Gasteiger partial charge in [0.05, 0.1) is 0 Å². The van der Waals surface area contributed by atoms with Crippen molar-refractivity contribution in [3.63, 3.8) is 0 Å². The molecule has 8 heteroatoms. The van der Waals surface area contributed by atoms with Gasteiger partial charge in [0.1, 0.15) is 11.6 Å². The maximum atomic E-state index is 12.6. The van der Waals surface area contributed by atoms with Crippen molar-refractivity contribution >= 4 is 17.2 Å². The van der Waals surface area contributed by atoms with Crippen molar-refractivity contribution in [2.45, 2.75) is 32.2 Å². The van der Waals surface area contributed by atoms with Crippen LogP contribution in [0.1, 0.15) is 42.4 Å². The largest absolute Gasteiger partial charge is 0.360 e. The SMILES string of the molecule is CC1CCCCN1C(=O)c1ccc(NC=C(C#N)c2nn[nH]n2)cc1. The van der Waals surface area contributed by atoms with Gasteiger partial charge in [0, 0.05) is 30.0 Å². The molecule has 1 fully saturated rings. The Morgan fingerprint density at radius 3 is 2.84 bits per heavy atom. The number of nitrogens with zero attached hydrogens (tertiary/aromatic N) is 5. The molecule has 1 amide bonds. The molecule has 2 aromatic rings. The summed E-state index contributed by atoms with van der Waals surface area (Å²) in [5.41, 5.74) is 1.69. The van der Waals surface area contributed by atoms with E-state index in [4.69, 9.17) is 5.26 Å². The minimum atomic E-state index is 0.0683. The molecule has 1 aliphatic rings. The summed E-state index contributed by atoms with van der Waals surface area (Å²) in [5, 5.41) is 25.4. The number of rotatable bonds is 4. The van der Waals surface area contributed by atoms with E-state index in [-0.39, 0.29) is 23.3 Å². The Hall–Kier alpha value is -3.21. The van der Waals surface area contributed by atoms with Crippen molar-refractivity contribution in [2.24, 2.45) is 0 Å². The van der Waals surface area contributed by atoms with Crippen molar-refractivity contribution in [3.05, 3.63) is 41.9 Å². The summed E-state index contributed by atoms with van der Waals surface area (Å²) in [6, 6.07) is 9.49. The van der Waals surface area contributed by atoms with Gasteiger partial charge < -0.3 is 10.2 Å². The number of tetrazole rings is 1. The Bertz CT molecular complexity index is 789. The molecule has 128 valence electrons. The molecule has 0 spiro atoms. The van der Waals surface area contributed by atoms with Gasteiger partial charge in [-0.1, -0.05) is 0 Å². The second-order valence-electron chi connectivity index (χ2n) is 5.97. The monoisotopic (exact) mass is 337 g/mol. The number of nitrogens with one attached hydrogen (secondary N) is 2. The number of aromatic amines is 1. The first-order valence-electron chi connectivity index (χ1n) is 8.20. The molecule has 2 heterocycles. The molecule has 0 saturated carbocycles. The highest BCUT2D eigenvalue weighted by Crippen LogP contribution is 2.20. The van der Waals surface area contributed by atoms with E-state index >= 15 is 0 Å². The Balaban J connectivity index is 1.68. The molecular weight excluding hydrogens is 318 g/mol. The zero-order valence-corrected chi connectivity index (χ0v) is 13.9. The fourth-order valence-electron chi connectivity index (χ4n) is 2.85. The van der Waals surface area contributed by atoms with Gasteiger partial charge in [-0.25, -0.2) is 0 Å². The zero-order chi connectivity index (χ0) is 17.6. The van der Waals surface area contributed by atoms with Gasteiger partial charge >= 0.3 is 0 Å². The number of piperidine rings is 1. The van der Waals surface area contributed by atoms with Crippen molar-refractivity contribution in [2.75, 3.05) is 11.9 Å². The Kier molecular flexibility index (Phi) is 5.04. The number of allylic oxidation sites excluding steroid dienone is 1. The molecule has 1 unspecified atom stereocenters. The Morgan fingerprint density at radius 1 is 1.40 bits per heavy atom. The number of anilines is 1. The fourth-order valence-corrected chi connectivity index (χ4v) is 2.85. The van der Waals surface area contributed by atoms with Crippen LogP contribution >= 0.6 is 0 Å². The second kappa shape index (κ2) is 7.57. The molecule has 8 nitrogen and oxygen atoms in total. The number of carbonyl (C=O) groups is 1. The second-order valence-corrected chi connectivity index (χ2v) is 5.97. The summed E-state index contributed by atoms with van der Waals surface area (Å²) in [6.45, 7) is 2.91. The Morgan fingerprint density at radius 2 is 2.20 bits per heavy atom. The van der Waals surface area contributed by atoms with E-state index in [2.05, 4.69) is 32.9 Å². The van der Waals surface area contributed by atoms with E-state index in [1.807, 2.05) is 23.1 Å². The van der Waals surface area contributed by atoms with Gasteiger partial charge in [0.15, 0.2) is 0 Å². The number of likely N-dealkylation sites (tertiary alicyclic amines) is 1. The van der Waals surface area contributed by atoms with E-state index in [0.717, 1.165) is 25.1 Å². The van der Waals surface area contributed by atoms with Crippen LogP contribution in [0.4, 0.5) is 5.69 Å². The van der Waals surface area contributed by atoms with Gasteiger partial charge in [0.2, 0.25) is 5.82 Å². The molecule has 1 aliphatic heterocycles. The molecular formula is C17H19N7O. The fraction of sp³-hybridized carbons (Fsp3) is 0.353. The van der Waals surface area contributed by atoms with E-state index in [9.17, 15) is 4.79 Å². The number of amides is 1. The maximum absolute atomic E-state index is 12.6. The zero-order valence-electron chi connectivity index (χ0n) is 13.9. The number of H-pyrrole nitrogens is 1. The first-order chi connectivity index (χ1) is 12.2. The summed E-state index contributed by atoms with van der Waals surface area (Å²) in [6.07, 6.45) is 4.81. The van der Waals surface area contributed by atoms with Crippen molar-refractivity contribution in [1.29, 1.82) is 5.26 Å². The first kappa shape index (κ1) is 16.6. The third-order valence-electron chi connectivity index (χ3n) is 4.29. The lowest BCUT2D eigenvalue weighted by molar-refractivity contribution is 0.0635. The molecule has 1 atom stereocenters. The average Bonchev–Trinajstić information content (AvgIpc) is 3.17. The molecule has 1 aromatic heterocycles. The standard InChI is InChI=1S/C17H19N7O/c1-12-4-2-3-9-24(12)17(25)13-5-7-15(8-6-13)19-11-14(10-18)16-20-22-23-21-16/h5-8,11-12,19H,2-4,9H2,1H3,(H,20,21,22,23). The maximum Gasteiger partial charge on any atom is 0.254 e. The molecule has 2 N–H and O–H groups in total. The predicted molar refractivity (Wildman–Crippen MR) is 92.2 cm³/mol. The van der Waals surface area contributed by atoms with Crippen LogP contribution in [-0.2, 0) is 0 Å². The van der Waals surface area contributed by atoms with Crippen LogP contribution in [0.5, 0.6) is 0 Å². The number of benzene rings is 1. The van der Waals surface area contributed by atoms with Crippen LogP contribution in [0.25, 0.3) is 5.57 Å². The van der Waals surface area contributed by atoms with Gasteiger partial charge in [-0.2, -0.15) is 10.5 Å². The number of aromatic nitrogens is 4. The van der Waals surface area contributed by atoms with Crippen LogP contribution in [0.2, 0.25) is 0 Å². The van der Waals surface area contributed by atoms with E-state index < -0.39 is 0 Å². The highest BCUT2D eigenvalue weighted by molar-refractivity contribution is 5.94. The van der Waals surface area contributed by atoms with Crippen molar-refractivity contribution in [1.82, 2.24) is 25.5 Å². The molecule has 0 radical (unpaired) electrons. The third-order valence-corrected chi connectivity index (χ3v) is 4.29. The number of nitriles is 1. The molecule has 1 aromatic carbocycles. The molecule has 0 aliphatic carbocycles. The summed E-state index contributed by atoms with van der Waals surface area (Å²) in [5.74, 6) is 0.291. The van der Waals surface area contributed by atoms with Crippen LogP contribution in [0, 0.1) is 11.3 Å². The Labute approximate surface area is 145 Å². The minimum absolute atomic E-state index is 0.0683. The van der Waals surface area contributed by atoms with Crippen LogP contribution < -0.4 is 5.32 Å². The van der Waals surface area contributed by atoms with Gasteiger partial charge in [-0.3, -0.25) is 4.79 Å². The summed E-state index contributed by atoms with van der Waals surface area (Å²) >= 11 is 0. The highest BCUT2D eigenvalue weighted by atomic mass is 16.2. The first-order valence-corrected chi connectivity index (χ1v) is 8.20. The minimum Gasteiger partial charge on any atom is -0.360 e. The predicted octanol–water partition coefficient (Wildman–Crippen LogP) is 2.19.